The van der Waals surface area contributed by atoms with Gasteiger partial charge < -0.3 is 20.3 Å². The Morgan fingerprint density at radius 2 is 1.76 bits per heavy atom. The van der Waals surface area contributed by atoms with E-state index in [4.69, 9.17) is 20.3 Å². The van der Waals surface area contributed by atoms with Gasteiger partial charge in [-0.05, 0) is 43.5 Å². The minimum absolute atomic E-state index is 0.0563. The minimum Gasteiger partial charge on any atom is -0.493 e. The van der Waals surface area contributed by atoms with Crippen LogP contribution < -0.4 is 15.2 Å². The second kappa shape index (κ2) is 5.38. The molecule has 1 unspecified atom stereocenters. The molecule has 3 N–H and O–H groups in total. The summed E-state index contributed by atoms with van der Waals surface area (Å²) in [5.41, 5.74) is 7.63. The van der Waals surface area contributed by atoms with E-state index in [9.17, 15) is 0 Å². The van der Waals surface area contributed by atoms with Crippen LogP contribution >= 0.6 is 0 Å². The van der Waals surface area contributed by atoms with Crippen molar-refractivity contribution in [2.45, 2.75) is 25.8 Å². The maximum atomic E-state index is 9.05. The first-order chi connectivity index (χ1) is 7.96. The van der Waals surface area contributed by atoms with Crippen molar-refractivity contribution in [3.63, 3.8) is 0 Å². The Labute approximate surface area is 102 Å². The van der Waals surface area contributed by atoms with Gasteiger partial charge in [-0.2, -0.15) is 0 Å². The lowest BCUT2D eigenvalue weighted by molar-refractivity contribution is 0.246. The molecule has 0 aliphatic rings. The van der Waals surface area contributed by atoms with E-state index in [0.717, 1.165) is 11.1 Å². The standard InChI is InChI=1S/C13H21NO3/c1-9-7-11(16-3)12(17-4)8-10(9)13(2,14)5-6-15/h7-8,15H,5-6,14H2,1-4H3. The summed E-state index contributed by atoms with van der Waals surface area (Å²) in [4.78, 5) is 0. The highest BCUT2D eigenvalue weighted by atomic mass is 16.5. The number of rotatable bonds is 5. The molecule has 96 valence electrons. The molecule has 0 spiro atoms. The van der Waals surface area contributed by atoms with Crippen molar-refractivity contribution in [2.75, 3.05) is 20.8 Å². The van der Waals surface area contributed by atoms with Crippen LogP contribution in [0.25, 0.3) is 0 Å². The van der Waals surface area contributed by atoms with Crippen LogP contribution in [0.3, 0.4) is 0 Å². The molecule has 17 heavy (non-hydrogen) atoms. The maximum absolute atomic E-state index is 9.05. The molecule has 0 radical (unpaired) electrons. The number of methoxy groups -OCH3 is 2. The van der Waals surface area contributed by atoms with Crippen LogP contribution in [-0.4, -0.2) is 25.9 Å². The molecule has 0 aromatic heterocycles. The van der Waals surface area contributed by atoms with Crippen molar-refractivity contribution >= 4 is 0 Å². The third-order valence-corrected chi connectivity index (χ3v) is 2.98. The Hall–Kier alpha value is -1.26. The summed E-state index contributed by atoms with van der Waals surface area (Å²) in [6.45, 7) is 3.93. The maximum Gasteiger partial charge on any atom is 0.161 e. The topological polar surface area (TPSA) is 64.7 Å². The molecule has 0 heterocycles. The normalized spacial score (nSPS) is 14.2. The zero-order valence-electron chi connectivity index (χ0n) is 10.9. The quantitative estimate of drug-likeness (QED) is 0.818. The predicted octanol–water partition coefficient (Wildman–Crippen LogP) is 1.57. The lowest BCUT2D eigenvalue weighted by Gasteiger charge is -2.27. The van der Waals surface area contributed by atoms with Gasteiger partial charge in [0, 0.05) is 12.1 Å². The van der Waals surface area contributed by atoms with Gasteiger partial charge in [0.2, 0.25) is 0 Å². The number of nitrogens with two attached hydrogens (primary N) is 1. The second-order valence-electron chi connectivity index (χ2n) is 4.41. The molecule has 0 aliphatic carbocycles. The van der Waals surface area contributed by atoms with Gasteiger partial charge in [0.25, 0.3) is 0 Å². The van der Waals surface area contributed by atoms with Crippen molar-refractivity contribution in [3.05, 3.63) is 23.3 Å². The van der Waals surface area contributed by atoms with E-state index in [1.54, 1.807) is 14.2 Å². The van der Waals surface area contributed by atoms with Crippen LogP contribution in [0.15, 0.2) is 12.1 Å². The summed E-state index contributed by atoms with van der Waals surface area (Å²) >= 11 is 0. The van der Waals surface area contributed by atoms with E-state index >= 15 is 0 Å². The largest absolute Gasteiger partial charge is 0.493 e. The summed E-state index contributed by atoms with van der Waals surface area (Å²) in [7, 11) is 3.20. The number of benzene rings is 1. The summed E-state index contributed by atoms with van der Waals surface area (Å²) < 4.78 is 10.5. The van der Waals surface area contributed by atoms with Crippen LogP contribution in [0, 0.1) is 6.92 Å². The Bertz CT molecular complexity index is 388. The van der Waals surface area contributed by atoms with Gasteiger partial charge in [-0.1, -0.05) is 0 Å². The van der Waals surface area contributed by atoms with Gasteiger partial charge in [0.05, 0.1) is 14.2 Å². The number of hydrogen-bond donors (Lipinski definition) is 2. The lowest BCUT2D eigenvalue weighted by Crippen LogP contribution is -2.34. The molecule has 1 aromatic carbocycles. The fraction of sp³-hybridized carbons (Fsp3) is 0.538. The average molecular weight is 239 g/mol. The van der Waals surface area contributed by atoms with Gasteiger partial charge in [0.1, 0.15) is 0 Å². The van der Waals surface area contributed by atoms with Crippen molar-refractivity contribution < 1.29 is 14.6 Å². The monoisotopic (exact) mass is 239 g/mol. The summed E-state index contributed by atoms with van der Waals surface area (Å²) in [5.74, 6) is 1.34. The third kappa shape index (κ3) is 2.90. The van der Waals surface area contributed by atoms with Crippen LogP contribution in [0.5, 0.6) is 11.5 Å². The molecule has 0 bridgehead atoms. The van der Waals surface area contributed by atoms with Crippen LogP contribution in [0.4, 0.5) is 0 Å². The highest BCUT2D eigenvalue weighted by Crippen LogP contribution is 2.35. The van der Waals surface area contributed by atoms with E-state index in [0.29, 0.717) is 17.9 Å². The first-order valence-corrected chi connectivity index (χ1v) is 5.59. The van der Waals surface area contributed by atoms with Crippen LogP contribution in [0.2, 0.25) is 0 Å². The Morgan fingerprint density at radius 1 is 1.24 bits per heavy atom. The van der Waals surface area contributed by atoms with Crippen molar-refractivity contribution in [2.24, 2.45) is 5.73 Å². The Kier molecular flexibility index (Phi) is 4.37. The number of aryl methyl sites for hydroxylation is 1. The molecular weight excluding hydrogens is 218 g/mol. The first kappa shape index (κ1) is 13.8. The SMILES string of the molecule is COc1cc(C)c(C(C)(N)CCO)cc1OC. The van der Waals surface area contributed by atoms with Crippen molar-refractivity contribution in [1.29, 1.82) is 0 Å². The third-order valence-electron chi connectivity index (χ3n) is 2.98. The number of ether oxygens (including phenoxy) is 2. The molecule has 4 heteroatoms. The molecule has 4 nitrogen and oxygen atoms in total. The fourth-order valence-corrected chi connectivity index (χ4v) is 1.96. The first-order valence-electron chi connectivity index (χ1n) is 5.59. The Morgan fingerprint density at radius 3 is 2.24 bits per heavy atom. The molecule has 0 fully saturated rings. The number of aliphatic hydroxyl groups excluding tert-OH is 1. The van der Waals surface area contributed by atoms with Gasteiger partial charge in [-0.3, -0.25) is 0 Å². The zero-order chi connectivity index (χ0) is 13.1. The van der Waals surface area contributed by atoms with Crippen LogP contribution in [-0.2, 0) is 5.54 Å². The summed E-state index contributed by atoms with van der Waals surface area (Å²) in [5, 5.41) is 9.05. The summed E-state index contributed by atoms with van der Waals surface area (Å²) in [6.07, 6.45) is 0.503. The lowest BCUT2D eigenvalue weighted by atomic mass is 9.86. The van der Waals surface area contributed by atoms with Gasteiger partial charge in [-0.15, -0.1) is 0 Å². The van der Waals surface area contributed by atoms with E-state index in [1.165, 1.54) is 0 Å². The minimum atomic E-state index is -0.571. The van der Waals surface area contributed by atoms with Gasteiger partial charge in [-0.25, -0.2) is 0 Å². The van der Waals surface area contributed by atoms with E-state index < -0.39 is 5.54 Å². The second-order valence-corrected chi connectivity index (χ2v) is 4.41. The van der Waals surface area contributed by atoms with Crippen LogP contribution in [0.1, 0.15) is 24.5 Å². The van der Waals surface area contributed by atoms with Gasteiger partial charge in [0.15, 0.2) is 11.5 Å². The van der Waals surface area contributed by atoms with Gasteiger partial charge >= 0.3 is 0 Å². The Balaban J connectivity index is 3.25. The molecular formula is C13H21NO3. The van der Waals surface area contributed by atoms with E-state index in [-0.39, 0.29) is 6.61 Å². The molecule has 1 atom stereocenters. The van der Waals surface area contributed by atoms with E-state index in [1.807, 2.05) is 26.0 Å². The fourth-order valence-electron chi connectivity index (χ4n) is 1.96. The molecule has 1 aromatic rings. The van der Waals surface area contributed by atoms with E-state index in [2.05, 4.69) is 0 Å². The highest BCUT2D eigenvalue weighted by molar-refractivity contribution is 5.49. The van der Waals surface area contributed by atoms with Crippen molar-refractivity contribution in [3.8, 4) is 11.5 Å². The zero-order valence-corrected chi connectivity index (χ0v) is 10.9. The van der Waals surface area contributed by atoms with Crippen molar-refractivity contribution in [1.82, 2.24) is 0 Å². The highest BCUT2D eigenvalue weighted by Gasteiger charge is 2.24. The summed E-state index contributed by atoms with van der Waals surface area (Å²) in [6, 6.07) is 3.78. The molecule has 0 saturated carbocycles. The predicted molar refractivity (Wildman–Crippen MR) is 67.5 cm³/mol. The smallest absolute Gasteiger partial charge is 0.161 e. The molecule has 1 rings (SSSR count). The number of hydrogen-bond acceptors (Lipinski definition) is 4. The molecule has 0 amide bonds. The number of aliphatic hydroxyl groups is 1. The average Bonchev–Trinajstić information content (AvgIpc) is 2.28. The molecule has 0 saturated heterocycles. The molecule has 0 aliphatic heterocycles.